The second-order valence-corrected chi connectivity index (χ2v) is 7.46. The molecular weight excluding hydrogens is 208 g/mol. The van der Waals surface area contributed by atoms with Crippen molar-refractivity contribution in [2.45, 2.75) is 34.1 Å². The van der Waals surface area contributed by atoms with Crippen molar-refractivity contribution in [3.8, 4) is 0 Å². The largest absolute Gasteiger partial charge is 0.224 e. The molecule has 0 heterocycles. The standard InChI is InChI=1S/C12H20O2S/c1-9-6-10(12(2,3)4)8-11(7-9)15(5,13)14/h7-9H,6H2,1-5H3. The lowest BCUT2D eigenvalue weighted by Crippen LogP contribution is -2.17. The zero-order valence-corrected chi connectivity index (χ0v) is 11.0. The average molecular weight is 228 g/mol. The Balaban J connectivity index is 3.17. The summed E-state index contributed by atoms with van der Waals surface area (Å²) >= 11 is 0. The summed E-state index contributed by atoms with van der Waals surface area (Å²) in [5, 5.41) is 0. The molecule has 0 spiro atoms. The lowest BCUT2D eigenvalue weighted by atomic mass is 9.79. The van der Waals surface area contributed by atoms with Gasteiger partial charge in [0.05, 0.1) is 4.91 Å². The molecule has 2 nitrogen and oxygen atoms in total. The third-order valence-corrected chi connectivity index (χ3v) is 3.81. The van der Waals surface area contributed by atoms with Gasteiger partial charge in [-0.1, -0.05) is 39.3 Å². The molecule has 0 radical (unpaired) electrons. The number of hydrogen-bond acceptors (Lipinski definition) is 2. The van der Waals surface area contributed by atoms with E-state index in [-0.39, 0.29) is 5.41 Å². The van der Waals surface area contributed by atoms with Crippen LogP contribution in [0.2, 0.25) is 0 Å². The minimum Gasteiger partial charge on any atom is -0.224 e. The first-order chi connectivity index (χ1) is 6.60. The van der Waals surface area contributed by atoms with Crippen LogP contribution in [0.5, 0.6) is 0 Å². The van der Waals surface area contributed by atoms with Crippen LogP contribution in [0.25, 0.3) is 0 Å². The number of sulfone groups is 1. The van der Waals surface area contributed by atoms with E-state index in [4.69, 9.17) is 0 Å². The number of rotatable bonds is 1. The van der Waals surface area contributed by atoms with E-state index < -0.39 is 9.84 Å². The molecule has 0 saturated heterocycles. The molecule has 0 amide bonds. The second kappa shape index (κ2) is 3.78. The van der Waals surface area contributed by atoms with E-state index in [1.54, 1.807) is 0 Å². The van der Waals surface area contributed by atoms with E-state index >= 15 is 0 Å². The van der Waals surface area contributed by atoms with Crippen LogP contribution in [-0.2, 0) is 9.84 Å². The Morgan fingerprint density at radius 2 is 1.87 bits per heavy atom. The van der Waals surface area contributed by atoms with Crippen LogP contribution in [0.4, 0.5) is 0 Å². The van der Waals surface area contributed by atoms with Gasteiger partial charge in [0.15, 0.2) is 9.84 Å². The highest BCUT2D eigenvalue weighted by Gasteiger charge is 2.24. The maximum atomic E-state index is 11.5. The molecule has 0 aromatic heterocycles. The van der Waals surface area contributed by atoms with Gasteiger partial charge in [0, 0.05) is 6.26 Å². The normalized spacial score (nSPS) is 23.4. The molecule has 0 saturated carbocycles. The van der Waals surface area contributed by atoms with Gasteiger partial charge < -0.3 is 0 Å². The zero-order valence-electron chi connectivity index (χ0n) is 10.2. The first kappa shape index (κ1) is 12.5. The van der Waals surface area contributed by atoms with Gasteiger partial charge in [-0.2, -0.15) is 0 Å². The van der Waals surface area contributed by atoms with Crippen molar-refractivity contribution in [2.75, 3.05) is 6.26 Å². The molecule has 0 aliphatic heterocycles. The predicted octanol–water partition coefficient (Wildman–Crippen LogP) is 2.93. The van der Waals surface area contributed by atoms with E-state index in [1.165, 1.54) is 11.8 Å². The van der Waals surface area contributed by atoms with Crippen LogP contribution in [-0.4, -0.2) is 14.7 Å². The molecular formula is C12H20O2S. The molecule has 86 valence electrons. The molecule has 1 aliphatic rings. The molecule has 0 N–H and O–H groups in total. The minimum absolute atomic E-state index is 0.0540. The Morgan fingerprint density at radius 1 is 1.33 bits per heavy atom. The summed E-state index contributed by atoms with van der Waals surface area (Å²) < 4.78 is 23.0. The van der Waals surface area contributed by atoms with Gasteiger partial charge in [0.2, 0.25) is 0 Å². The molecule has 0 aromatic carbocycles. The Labute approximate surface area is 93.0 Å². The molecule has 15 heavy (non-hydrogen) atoms. The fraction of sp³-hybridized carbons (Fsp3) is 0.667. The molecule has 0 fully saturated rings. The van der Waals surface area contributed by atoms with Gasteiger partial charge >= 0.3 is 0 Å². The van der Waals surface area contributed by atoms with Crippen molar-refractivity contribution in [1.82, 2.24) is 0 Å². The summed E-state index contributed by atoms with van der Waals surface area (Å²) in [6.07, 6.45) is 5.93. The second-order valence-electron chi connectivity index (χ2n) is 5.44. The first-order valence-corrected chi connectivity index (χ1v) is 7.13. The highest BCUT2D eigenvalue weighted by molar-refractivity contribution is 7.94. The van der Waals surface area contributed by atoms with Gasteiger partial charge in [-0.15, -0.1) is 0 Å². The Hall–Kier alpha value is -0.570. The Morgan fingerprint density at radius 3 is 2.27 bits per heavy atom. The summed E-state index contributed by atoms with van der Waals surface area (Å²) in [5.74, 6) is 0.314. The summed E-state index contributed by atoms with van der Waals surface area (Å²) in [7, 11) is -3.07. The van der Waals surface area contributed by atoms with Gasteiger partial charge in [-0.3, -0.25) is 0 Å². The van der Waals surface area contributed by atoms with Crippen LogP contribution in [0.1, 0.15) is 34.1 Å². The highest BCUT2D eigenvalue weighted by atomic mass is 32.2. The molecule has 0 bridgehead atoms. The Bertz CT molecular complexity index is 405. The van der Waals surface area contributed by atoms with Crippen molar-refractivity contribution < 1.29 is 8.42 Å². The van der Waals surface area contributed by atoms with E-state index in [0.29, 0.717) is 10.8 Å². The van der Waals surface area contributed by atoms with E-state index in [9.17, 15) is 8.42 Å². The monoisotopic (exact) mass is 228 g/mol. The van der Waals surface area contributed by atoms with Crippen LogP contribution >= 0.6 is 0 Å². The van der Waals surface area contributed by atoms with Gasteiger partial charge in [-0.05, 0) is 23.8 Å². The van der Waals surface area contributed by atoms with Crippen molar-refractivity contribution in [2.24, 2.45) is 11.3 Å². The number of hydrogen-bond donors (Lipinski definition) is 0. The quantitative estimate of drug-likeness (QED) is 0.691. The smallest absolute Gasteiger partial charge is 0.175 e. The zero-order chi connectivity index (χ0) is 11.9. The van der Waals surface area contributed by atoms with Crippen molar-refractivity contribution in [3.05, 3.63) is 22.6 Å². The van der Waals surface area contributed by atoms with Crippen LogP contribution < -0.4 is 0 Å². The fourth-order valence-corrected chi connectivity index (χ4v) is 2.55. The maximum absolute atomic E-state index is 11.5. The number of allylic oxidation sites excluding steroid dienone is 3. The fourth-order valence-electron chi connectivity index (χ4n) is 1.72. The molecule has 1 rings (SSSR count). The molecule has 1 unspecified atom stereocenters. The minimum atomic E-state index is -3.07. The van der Waals surface area contributed by atoms with Crippen LogP contribution in [0.15, 0.2) is 22.6 Å². The van der Waals surface area contributed by atoms with Crippen LogP contribution in [0, 0.1) is 11.3 Å². The van der Waals surface area contributed by atoms with E-state index in [0.717, 1.165) is 6.42 Å². The first-order valence-electron chi connectivity index (χ1n) is 5.23. The predicted molar refractivity (Wildman–Crippen MR) is 64.2 cm³/mol. The maximum Gasteiger partial charge on any atom is 0.175 e. The molecule has 0 aromatic rings. The van der Waals surface area contributed by atoms with Gasteiger partial charge in [0.1, 0.15) is 0 Å². The van der Waals surface area contributed by atoms with E-state index in [1.807, 2.05) is 12.2 Å². The average Bonchev–Trinajstić information content (AvgIpc) is 1.99. The van der Waals surface area contributed by atoms with Gasteiger partial charge in [0.25, 0.3) is 0 Å². The summed E-state index contributed by atoms with van der Waals surface area (Å²) in [6.45, 7) is 8.42. The summed E-state index contributed by atoms with van der Waals surface area (Å²) in [5.41, 5.74) is 1.27. The topological polar surface area (TPSA) is 34.1 Å². The molecule has 1 aliphatic carbocycles. The third-order valence-electron chi connectivity index (χ3n) is 2.70. The Kier molecular flexibility index (Phi) is 3.15. The van der Waals surface area contributed by atoms with Crippen LogP contribution in [0.3, 0.4) is 0 Å². The van der Waals surface area contributed by atoms with Crippen molar-refractivity contribution >= 4 is 9.84 Å². The lowest BCUT2D eigenvalue weighted by molar-refractivity contribution is 0.460. The molecule has 3 heteroatoms. The van der Waals surface area contributed by atoms with E-state index in [2.05, 4.69) is 27.7 Å². The van der Waals surface area contributed by atoms with Crippen molar-refractivity contribution in [1.29, 1.82) is 0 Å². The summed E-state index contributed by atoms with van der Waals surface area (Å²) in [4.78, 5) is 0.478. The highest BCUT2D eigenvalue weighted by Crippen LogP contribution is 2.36. The summed E-state index contributed by atoms with van der Waals surface area (Å²) in [6, 6.07) is 0. The van der Waals surface area contributed by atoms with Gasteiger partial charge in [-0.25, -0.2) is 8.42 Å². The van der Waals surface area contributed by atoms with Crippen molar-refractivity contribution in [3.63, 3.8) is 0 Å². The third kappa shape index (κ3) is 3.20. The lowest BCUT2D eigenvalue weighted by Gasteiger charge is -2.28. The molecule has 1 atom stereocenters. The SMILES string of the molecule is CC1C=C(S(C)(=O)=O)C=C(C(C)(C)C)C1.